The maximum atomic E-state index is 8.88. The molecule has 4 nitrogen and oxygen atoms in total. The number of nitrogens with zero attached hydrogens (tertiary/aromatic N) is 2. The predicted octanol–water partition coefficient (Wildman–Crippen LogP) is -0.864. The third-order valence-electron chi connectivity index (χ3n) is 1.79. The van der Waals surface area contributed by atoms with Crippen LogP contribution in [-0.4, -0.2) is 36.2 Å². The van der Waals surface area contributed by atoms with E-state index in [1.165, 1.54) is 6.20 Å². The molecule has 13 heavy (non-hydrogen) atoms. The van der Waals surface area contributed by atoms with Crippen molar-refractivity contribution >= 4 is 18.4 Å². The van der Waals surface area contributed by atoms with Gasteiger partial charge in [-0.2, -0.15) is 0 Å². The summed E-state index contributed by atoms with van der Waals surface area (Å²) >= 11 is 0. The molecule has 1 aromatic heterocycles. The first-order valence-corrected chi connectivity index (χ1v) is 4.02. The van der Waals surface area contributed by atoms with Crippen molar-refractivity contribution in [1.82, 2.24) is 4.98 Å². The zero-order valence-corrected chi connectivity index (χ0v) is 8.02. The summed E-state index contributed by atoms with van der Waals surface area (Å²) in [4.78, 5) is 5.98. The van der Waals surface area contributed by atoms with E-state index in [1.807, 2.05) is 25.9 Å². The number of rotatable bonds is 2. The van der Waals surface area contributed by atoms with Crippen LogP contribution in [0.2, 0.25) is 0 Å². The van der Waals surface area contributed by atoms with Gasteiger partial charge in [0.2, 0.25) is 0 Å². The van der Waals surface area contributed by atoms with Crippen LogP contribution in [0.15, 0.2) is 12.3 Å². The molecule has 0 spiro atoms. The second kappa shape index (κ2) is 3.76. The van der Waals surface area contributed by atoms with Crippen LogP contribution in [0.1, 0.15) is 5.56 Å². The van der Waals surface area contributed by atoms with Crippen molar-refractivity contribution in [3.63, 3.8) is 0 Å². The van der Waals surface area contributed by atoms with Crippen LogP contribution in [0.5, 0.6) is 0 Å². The van der Waals surface area contributed by atoms with E-state index in [1.54, 1.807) is 6.07 Å². The third kappa shape index (κ3) is 2.20. The Hall–Kier alpha value is -1.07. The maximum Gasteiger partial charge on any atom is 0.490 e. The lowest BCUT2D eigenvalue weighted by Crippen LogP contribution is -2.31. The van der Waals surface area contributed by atoms with Crippen LogP contribution in [-0.2, 0) is 0 Å². The van der Waals surface area contributed by atoms with Crippen molar-refractivity contribution < 1.29 is 10.0 Å². The molecule has 0 bridgehead atoms. The molecule has 5 heteroatoms. The Morgan fingerprint density at radius 2 is 2.00 bits per heavy atom. The minimum atomic E-state index is -1.44. The number of hydrogen-bond donors (Lipinski definition) is 2. The van der Waals surface area contributed by atoms with Crippen LogP contribution in [0.4, 0.5) is 5.82 Å². The average molecular weight is 180 g/mol. The molecule has 1 rings (SSSR count). The van der Waals surface area contributed by atoms with Crippen LogP contribution in [0.3, 0.4) is 0 Å². The summed E-state index contributed by atoms with van der Waals surface area (Å²) in [5.41, 5.74) is 1.35. The topological polar surface area (TPSA) is 56.6 Å². The first kappa shape index (κ1) is 10.0. The van der Waals surface area contributed by atoms with Gasteiger partial charge in [0.25, 0.3) is 0 Å². The summed E-state index contributed by atoms with van der Waals surface area (Å²) in [6, 6.07) is 1.72. The number of aromatic nitrogens is 1. The standard InChI is InChI=1S/C8H13BN2O2/c1-6-4-7(9(12)13)5-10-8(6)11(2)3/h4-5,12-13H,1-3H3. The van der Waals surface area contributed by atoms with Crippen molar-refractivity contribution in [3.05, 3.63) is 17.8 Å². The van der Waals surface area contributed by atoms with E-state index in [2.05, 4.69) is 4.98 Å². The maximum absolute atomic E-state index is 8.88. The van der Waals surface area contributed by atoms with Gasteiger partial charge in [-0.05, 0) is 12.5 Å². The van der Waals surface area contributed by atoms with E-state index in [0.717, 1.165) is 11.4 Å². The quantitative estimate of drug-likeness (QED) is 0.581. The molecule has 1 aromatic rings. The van der Waals surface area contributed by atoms with Crippen LogP contribution in [0, 0.1) is 6.92 Å². The summed E-state index contributed by atoms with van der Waals surface area (Å²) in [6.07, 6.45) is 1.47. The van der Waals surface area contributed by atoms with Crippen LogP contribution in [0.25, 0.3) is 0 Å². The Labute approximate surface area is 78.0 Å². The van der Waals surface area contributed by atoms with Gasteiger partial charge in [-0.25, -0.2) is 4.98 Å². The van der Waals surface area contributed by atoms with E-state index >= 15 is 0 Å². The molecule has 1 heterocycles. The van der Waals surface area contributed by atoms with Crippen LogP contribution < -0.4 is 10.4 Å². The molecule has 0 aromatic carbocycles. The largest absolute Gasteiger partial charge is 0.490 e. The van der Waals surface area contributed by atoms with Crippen molar-refractivity contribution in [3.8, 4) is 0 Å². The molecule has 0 aliphatic carbocycles. The molecule has 70 valence electrons. The summed E-state index contributed by atoms with van der Waals surface area (Å²) in [7, 11) is 2.34. The van der Waals surface area contributed by atoms with Gasteiger partial charge in [0.15, 0.2) is 0 Å². The Balaban J connectivity index is 3.06. The van der Waals surface area contributed by atoms with Crippen molar-refractivity contribution in [2.75, 3.05) is 19.0 Å². The van der Waals surface area contributed by atoms with Gasteiger partial charge in [0, 0.05) is 25.8 Å². The van der Waals surface area contributed by atoms with Gasteiger partial charge in [-0.1, -0.05) is 6.07 Å². The molecule has 0 atom stereocenters. The third-order valence-corrected chi connectivity index (χ3v) is 1.79. The predicted molar refractivity (Wildman–Crippen MR) is 53.1 cm³/mol. The van der Waals surface area contributed by atoms with Crippen molar-refractivity contribution in [2.45, 2.75) is 6.92 Å². The number of anilines is 1. The fraction of sp³-hybridized carbons (Fsp3) is 0.375. The molecule has 0 amide bonds. The Kier molecular flexibility index (Phi) is 2.90. The highest BCUT2D eigenvalue weighted by Gasteiger charge is 2.13. The second-order valence-corrected chi connectivity index (χ2v) is 3.18. The molecule has 0 unspecified atom stereocenters. The van der Waals surface area contributed by atoms with E-state index in [-0.39, 0.29) is 0 Å². The van der Waals surface area contributed by atoms with Gasteiger partial charge in [0.05, 0.1) is 0 Å². The summed E-state index contributed by atoms with van der Waals surface area (Å²) in [5.74, 6) is 0.837. The first-order chi connectivity index (χ1) is 6.02. The molecule has 0 aliphatic heterocycles. The van der Waals surface area contributed by atoms with E-state index in [4.69, 9.17) is 10.0 Å². The van der Waals surface area contributed by atoms with Gasteiger partial charge in [-0.15, -0.1) is 0 Å². The van der Waals surface area contributed by atoms with E-state index < -0.39 is 7.12 Å². The zero-order chi connectivity index (χ0) is 10.0. The van der Waals surface area contributed by atoms with E-state index in [0.29, 0.717) is 5.46 Å². The van der Waals surface area contributed by atoms with Gasteiger partial charge >= 0.3 is 7.12 Å². The second-order valence-electron chi connectivity index (χ2n) is 3.18. The van der Waals surface area contributed by atoms with Gasteiger partial charge in [-0.3, -0.25) is 0 Å². The van der Waals surface area contributed by atoms with E-state index in [9.17, 15) is 0 Å². The van der Waals surface area contributed by atoms with Gasteiger partial charge < -0.3 is 14.9 Å². The number of pyridine rings is 1. The number of aryl methyl sites for hydroxylation is 1. The SMILES string of the molecule is Cc1cc(B(O)O)cnc1N(C)C. The first-order valence-electron chi connectivity index (χ1n) is 4.02. The molecular formula is C8H13BN2O2. The minimum absolute atomic E-state index is 0.420. The molecule has 0 saturated carbocycles. The summed E-state index contributed by atoms with van der Waals surface area (Å²) in [6.45, 7) is 1.88. The normalized spacial score (nSPS) is 9.92. The Morgan fingerprint density at radius 3 is 2.38 bits per heavy atom. The number of hydrogen-bond acceptors (Lipinski definition) is 4. The zero-order valence-electron chi connectivity index (χ0n) is 8.02. The molecule has 2 N–H and O–H groups in total. The smallest absolute Gasteiger partial charge is 0.423 e. The fourth-order valence-electron chi connectivity index (χ4n) is 1.20. The Bertz CT molecular complexity index is 302. The lowest BCUT2D eigenvalue weighted by atomic mass is 9.81. The lowest BCUT2D eigenvalue weighted by Gasteiger charge is -2.14. The van der Waals surface area contributed by atoms with Gasteiger partial charge in [0.1, 0.15) is 5.82 Å². The molecular weight excluding hydrogens is 167 g/mol. The fourth-order valence-corrected chi connectivity index (χ4v) is 1.20. The molecule has 0 saturated heterocycles. The van der Waals surface area contributed by atoms with Crippen molar-refractivity contribution in [1.29, 1.82) is 0 Å². The summed E-state index contributed by atoms with van der Waals surface area (Å²) < 4.78 is 0. The Morgan fingerprint density at radius 1 is 1.38 bits per heavy atom. The molecule has 0 radical (unpaired) electrons. The van der Waals surface area contributed by atoms with Crippen LogP contribution >= 0.6 is 0 Å². The highest BCUT2D eigenvalue weighted by Crippen LogP contribution is 2.10. The monoisotopic (exact) mass is 180 g/mol. The summed E-state index contributed by atoms with van der Waals surface area (Å²) in [5, 5.41) is 17.8. The molecule has 0 fully saturated rings. The average Bonchev–Trinajstić information content (AvgIpc) is 2.03. The highest BCUT2D eigenvalue weighted by atomic mass is 16.4. The molecule has 0 aliphatic rings. The highest BCUT2D eigenvalue weighted by molar-refractivity contribution is 6.58. The minimum Gasteiger partial charge on any atom is -0.423 e. The van der Waals surface area contributed by atoms with Crippen molar-refractivity contribution in [2.24, 2.45) is 0 Å². The lowest BCUT2D eigenvalue weighted by molar-refractivity contribution is 0.425.